The van der Waals surface area contributed by atoms with Crippen LogP contribution in [0.3, 0.4) is 0 Å². The van der Waals surface area contributed by atoms with Gasteiger partial charge in [0.05, 0.1) is 34.5 Å². The van der Waals surface area contributed by atoms with E-state index in [4.69, 9.17) is 18.9 Å². The highest BCUT2D eigenvalue weighted by molar-refractivity contribution is 14.0. The summed E-state index contributed by atoms with van der Waals surface area (Å²) in [5, 5.41) is 6.54. The largest absolute Gasteiger partial charge is 0.493 e. The SMILES string of the molecule is CCCOc1ccc(CN=C(NCC)Nc2ccc(OC)c(OC)c2)cc1OC.I. The Morgan fingerprint density at radius 3 is 2.17 bits per heavy atom. The molecule has 2 aromatic carbocycles. The van der Waals surface area contributed by atoms with E-state index in [1.807, 2.05) is 43.3 Å². The minimum absolute atomic E-state index is 0. The van der Waals surface area contributed by atoms with Crippen LogP contribution < -0.4 is 29.6 Å². The molecule has 0 aliphatic heterocycles. The number of hydrogen-bond acceptors (Lipinski definition) is 5. The molecule has 7 nitrogen and oxygen atoms in total. The highest BCUT2D eigenvalue weighted by Crippen LogP contribution is 2.30. The Labute approximate surface area is 196 Å². The van der Waals surface area contributed by atoms with E-state index >= 15 is 0 Å². The summed E-state index contributed by atoms with van der Waals surface area (Å²) in [4.78, 5) is 4.67. The molecule has 30 heavy (non-hydrogen) atoms. The lowest BCUT2D eigenvalue weighted by molar-refractivity contribution is 0.294. The summed E-state index contributed by atoms with van der Waals surface area (Å²) in [6.45, 7) is 5.99. The first kappa shape index (κ1) is 25.7. The van der Waals surface area contributed by atoms with Gasteiger partial charge in [0.1, 0.15) is 0 Å². The number of hydrogen-bond donors (Lipinski definition) is 2. The van der Waals surface area contributed by atoms with Crippen LogP contribution in [0, 0.1) is 0 Å². The minimum atomic E-state index is 0. The van der Waals surface area contributed by atoms with E-state index in [2.05, 4.69) is 22.5 Å². The van der Waals surface area contributed by atoms with Gasteiger partial charge in [-0.25, -0.2) is 4.99 Å². The summed E-state index contributed by atoms with van der Waals surface area (Å²) in [5.41, 5.74) is 1.87. The first-order valence-corrected chi connectivity index (χ1v) is 9.72. The van der Waals surface area contributed by atoms with Crippen molar-refractivity contribution in [3.63, 3.8) is 0 Å². The van der Waals surface area contributed by atoms with Gasteiger partial charge in [-0.05, 0) is 43.2 Å². The van der Waals surface area contributed by atoms with Gasteiger partial charge in [-0.15, -0.1) is 24.0 Å². The lowest BCUT2D eigenvalue weighted by atomic mass is 10.2. The van der Waals surface area contributed by atoms with Gasteiger partial charge < -0.3 is 29.6 Å². The number of guanidine groups is 1. The van der Waals surface area contributed by atoms with Gasteiger partial charge in [0, 0.05) is 18.3 Å². The number of halogens is 1. The van der Waals surface area contributed by atoms with E-state index in [1.165, 1.54) is 0 Å². The van der Waals surface area contributed by atoms with Crippen molar-refractivity contribution in [2.75, 3.05) is 39.8 Å². The van der Waals surface area contributed by atoms with E-state index in [0.717, 1.165) is 30.0 Å². The number of nitrogens with one attached hydrogen (secondary N) is 2. The second-order valence-corrected chi connectivity index (χ2v) is 6.22. The number of benzene rings is 2. The summed E-state index contributed by atoms with van der Waals surface area (Å²) >= 11 is 0. The number of ether oxygens (including phenoxy) is 4. The molecule has 0 heterocycles. The Hall–Kier alpha value is -2.36. The number of rotatable bonds is 10. The third-order valence-corrected chi connectivity index (χ3v) is 4.10. The van der Waals surface area contributed by atoms with Crippen molar-refractivity contribution in [3.05, 3.63) is 42.0 Å². The van der Waals surface area contributed by atoms with Crippen molar-refractivity contribution in [1.29, 1.82) is 0 Å². The van der Waals surface area contributed by atoms with Crippen LogP contribution in [0.1, 0.15) is 25.8 Å². The normalized spacial score (nSPS) is 10.6. The molecule has 0 spiro atoms. The highest BCUT2D eigenvalue weighted by Gasteiger charge is 2.08. The minimum Gasteiger partial charge on any atom is -0.493 e. The summed E-state index contributed by atoms with van der Waals surface area (Å²) in [6, 6.07) is 11.5. The first-order chi connectivity index (χ1) is 14.1. The fourth-order valence-corrected chi connectivity index (χ4v) is 2.67. The summed E-state index contributed by atoms with van der Waals surface area (Å²) in [7, 11) is 4.87. The molecule has 0 fully saturated rings. The molecule has 0 atom stereocenters. The second-order valence-electron chi connectivity index (χ2n) is 6.22. The molecule has 2 rings (SSSR count). The van der Waals surface area contributed by atoms with Crippen molar-refractivity contribution in [1.82, 2.24) is 5.32 Å². The van der Waals surface area contributed by atoms with Crippen LogP contribution in [0.2, 0.25) is 0 Å². The maximum atomic E-state index is 5.71. The Balaban J connectivity index is 0.00000450. The van der Waals surface area contributed by atoms with Crippen LogP contribution in [0.15, 0.2) is 41.4 Å². The topological polar surface area (TPSA) is 73.3 Å². The predicted octanol–water partition coefficient (Wildman–Crippen LogP) is 4.70. The maximum Gasteiger partial charge on any atom is 0.196 e. The lowest BCUT2D eigenvalue weighted by Crippen LogP contribution is -2.30. The molecule has 2 N–H and O–H groups in total. The molecular weight excluding hydrogens is 497 g/mol. The maximum absolute atomic E-state index is 5.71. The third kappa shape index (κ3) is 7.47. The molecule has 0 unspecified atom stereocenters. The Morgan fingerprint density at radius 2 is 1.53 bits per heavy atom. The average Bonchev–Trinajstić information content (AvgIpc) is 2.76. The van der Waals surface area contributed by atoms with Gasteiger partial charge in [-0.3, -0.25) is 0 Å². The van der Waals surface area contributed by atoms with E-state index in [9.17, 15) is 0 Å². The number of nitrogens with zero attached hydrogens (tertiary/aromatic N) is 1. The Morgan fingerprint density at radius 1 is 0.867 bits per heavy atom. The molecule has 0 bridgehead atoms. The third-order valence-electron chi connectivity index (χ3n) is 4.10. The van der Waals surface area contributed by atoms with Gasteiger partial charge in [0.2, 0.25) is 0 Å². The van der Waals surface area contributed by atoms with Gasteiger partial charge in [-0.1, -0.05) is 13.0 Å². The molecule has 0 aromatic heterocycles. The Kier molecular flexibility index (Phi) is 11.8. The average molecular weight is 529 g/mol. The first-order valence-electron chi connectivity index (χ1n) is 9.72. The monoisotopic (exact) mass is 529 g/mol. The quantitative estimate of drug-likeness (QED) is 0.264. The van der Waals surface area contributed by atoms with E-state index in [-0.39, 0.29) is 24.0 Å². The van der Waals surface area contributed by atoms with Crippen LogP contribution in [-0.2, 0) is 6.54 Å². The molecule has 0 saturated heterocycles. The summed E-state index contributed by atoms with van der Waals surface area (Å²) < 4.78 is 21.8. The molecule has 0 aliphatic carbocycles. The van der Waals surface area contributed by atoms with Crippen LogP contribution in [0.5, 0.6) is 23.0 Å². The fourth-order valence-electron chi connectivity index (χ4n) is 2.67. The van der Waals surface area contributed by atoms with Gasteiger partial charge in [0.15, 0.2) is 29.0 Å². The number of methoxy groups -OCH3 is 3. The molecule has 2 aromatic rings. The lowest BCUT2D eigenvalue weighted by Gasteiger charge is -2.14. The smallest absolute Gasteiger partial charge is 0.196 e. The number of aliphatic imine (C=N–C) groups is 1. The molecule has 0 saturated carbocycles. The van der Waals surface area contributed by atoms with Gasteiger partial charge >= 0.3 is 0 Å². The number of anilines is 1. The van der Waals surface area contributed by atoms with Crippen molar-refractivity contribution in [2.45, 2.75) is 26.8 Å². The van der Waals surface area contributed by atoms with Crippen molar-refractivity contribution in [3.8, 4) is 23.0 Å². The van der Waals surface area contributed by atoms with Crippen molar-refractivity contribution < 1.29 is 18.9 Å². The molecular formula is C22H32IN3O4. The molecule has 8 heteroatoms. The molecule has 166 valence electrons. The predicted molar refractivity (Wildman–Crippen MR) is 132 cm³/mol. The summed E-state index contributed by atoms with van der Waals surface area (Å²) in [5.74, 6) is 3.46. The van der Waals surface area contributed by atoms with Crippen LogP contribution in [-0.4, -0.2) is 40.4 Å². The van der Waals surface area contributed by atoms with Gasteiger partial charge in [-0.2, -0.15) is 0 Å². The van der Waals surface area contributed by atoms with Crippen molar-refractivity contribution in [2.24, 2.45) is 4.99 Å². The van der Waals surface area contributed by atoms with E-state index < -0.39 is 0 Å². The van der Waals surface area contributed by atoms with E-state index in [1.54, 1.807) is 21.3 Å². The standard InChI is InChI=1S/C22H31N3O4.HI/c1-6-12-29-19-10-8-16(13-20(19)27-4)15-24-22(23-7-2)25-17-9-11-18(26-3)21(14-17)28-5;/h8-11,13-14H,6-7,12,15H2,1-5H3,(H2,23,24,25);1H. The Bertz CT molecular complexity index is 815. The molecule has 0 aliphatic rings. The molecule has 0 radical (unpaired) electrons. The van der Waals surface area contributed by atoms with Crippen LogP contribution in [0.25, 0.3) is 0 Å². The zero-order valence-corrected chi connectivity index (χ0v) is 20.6. The van der Waals surface area contributed by atoms with Crippen LogP contribution >= 0.6 is 24.0 Å². The van der Waals surface area contributed by atoms with E-state index in [0.29, 0.717) is 36.4 Å². The zero-order valence-electron chi connectivity index (χ0n) is 18.3. The molecule has 0 amide bonds. The highest BCUT2D eigenvalue weighted by atomic mass is 127. The summed E-state index contributed by atoms with van der Waals surface area (Å²) in [6.07, 6.45) is 0.947. The fraction of sp³-hybridized carbons (Fsp3) is 0.409. The zero-order chi connectivity index (χ0) is 21.1. The van der Waals surface area contributed by atoms with Crippen molar-refractivity contribution >= 4 is 35.6 Å². The van der Waals surface area contributed by atoms with Gasteiger partial charge in [0.25, 0.3) is 0 Å². The second kappa shape index (κ2) is 13.8. The van der Waals surface area contributed by atoms with Crippen LogP contribution in [0.4, 0.5) is 5.69 Å².